The molecule has 7 rings (SSSR count). The van der Waals surface area contributed by atoms with Crippen LogP contribution in [0.1, 0.15) is 0 Å². The van der Waals surface area contributed by atoms with Gasteiger partial charge in [0, 0.05) is 59.8 Å². The number of hydrogen-bond donors (Lipinski definition) is 0. The third kappa shape index (κ3) is 17.9. The number of nitrogens with zero attached hydrogens (tertiary/aromatic N) is 2. The molecule has 0 aliphatic rings. The van der Waals surface area contributed by atoms with Gasteiger partial charge in [0.1, 0.15) is 0 Å². The Morgan fingerprint density at radius 2 is 0.647 bits per heavy atom. The van der Waals surface area contributed by atoms with E-state index in [1.807, 2.05) is 85.2 Å². The number of rotatable bonds is 2. The largest absolute Gasteiger partial charge is 2.00 e. The molecule has 0 fully saturated rings. The molecule has 2 heterocycles. The van der Waals surface area contributed by atoms with Gasteiger partial charge in [-0.15, -0.1) is 0 Å². The van der Waals surface area contributed by atoms with Crippen LogP contribution in [0.25, 0.3) is 44.1 Å². The maximum absolute atomic E-state index is 9.50. The van der Waals surface area contributed by atoms with E-state index in [2.05, 4.69) is 94.9 Å². The van der Waals surface area contributed by atoms with Crippen LogP contribution in [-0.2, 0) is 21.1 Å². The summed E-state index contributed by atoms with van der Waals surface area (Å²) >= 11 is 0. The number of fused-ring (bicyclic) bond motifs is 3. The maximum atomic E-state index is 9.50. The van der Waals surface area contributed by atoms with Crippen molar-refractivity contribution in [2.45, 2.75) is 0 Å². The third-order valence-corrected chi connectivity index (χ3v) is 6.01. The third-order valence-electron chi connectivity index (χ3n) is 6.01. The molecule has 0 saturated heterocycles. The molecule has 0 spiro atoms. The smallest absolute Gasteiger partial charge is 0.255 e. The fourth-order valence-electron chi connectivity index (χ4n) is 4.25. The topological polar surface area (TPSA) is 25.8 Å². The van der Waals surface area contributed by atoms with Gasteiger partial charge in [-0.3, -0.25) is 18.7 Å². The summed E-state index contributed by atoms with van der Waals surface area (Å²) in [5, 5.41) is 2.26. The van der Waals surface area contributed by atoms with E-state index < -0.39 is 0 Å². The molecule has 0 N–H and O–H groups in total. The average molecular weight is 902 g/mol. The Balaban J connectivity index is -0.000000763. The van der Waals surface area contributed by atoms with Gasteiger partial charge in [0.25, 0.3) is 0 Å². The molecular weight excluding hydrogens is 869 g/mol. The number of halogens is 10. The number of aromatic nitrogens is 2. The number of benzene rings is 5. The van der Waals surface area contributed by atoms with E-state index in [1.54, 1.807) is 0 Å². The average Bonchev–Trinajstić information content (AvgIpc) is 3.27. The summed E-state index contributed by atoms with van der Waals surface area (Å²) in [4.78, 5) is 9.34. The minimum atomic E-state index is 0. The fraction of sp³-hybridized carbons (Fsp3) is 0.0526. The Morgan fingerprint density at radius 3 is 0.882 bits per heavy atom. The van der Waals surface area contributed by atoms with Crippen LogP contribution < -0.4 is 0 Å². The number of alkyl halides is 2. The van der Waals surface area contributed by atoms with Crippen LogP contribution in [-0.4, -0.2) is 24.3 Å². The van der Waals surface area contributed by atoms with Crippen molar-refractivity contribution in [1.82, 2.24) is 9.97 Å². The zero-order valence-electron chi connectivity index (χ0n) is 27.0. The predicted octanol–water partition coefficient (Wildman–Crippen LogP) is 13.6. The molecule has 51 heavy (non-hydrogen) atoms. The van der Waals surface area contributed by atoms with E-state index in [9.17, 15) is 8.78 Å². The van der Waals surface area contributed by atoms with Crippen molar-refractivity contribution in [3.63, 3.8) is 0 Å². The molecule has 0 amide bonds. The van der Waals surface area contributed by atoms with Crippen molar-refractivity contribution in [3.05, 3.63) is 170 Å². The molecule has 7 aromatic rings. The van der Waals surface area contributed by atoms with Crippen LogP contribution in [0.2, 0.25) is 0 Å². The summed E-state index contributed by atoms with van der Waals surface area (Å²) in [6.07, 6.45) is 3.75. The first-order chi connectivity index (χ1) is 24.9. The van der Waals surface area contributed by atoms with Gasteiger partial charge < -0.3 is 0 Å². The van der Waals surface area contributed by atoms with Gasteiger partial charge >= 0.3 is 21.1 Å². The summed E-state index contributed by atoms with van der Waals surface area (Å²) in [7, 11) is 1.00. The molecule has 0 unspecified atom stereocenters. The van der Waals surface area contributed by atoms with Crippen molar-refractivity contribution in [3.8, 4) is 22.3 Å². The van der Waals surface area contributed by atoms with Crippen molar-refractivity contribution in [2.75, 3.05) is 14.4 Å². The maximum Gasteiger partial charge on any atom is 2.00 e. The van der Waals surface area contributed by atoms with E-state index in [4.69, 9.17) is 36.6 Å². The molecule has 0 saturated carbocycles. The molecule has 274 valence electrons. The van der Waals surface area contributed by atoms with Gasteiger partial charge in [0.15, 0.2) is 0 Å². The normalized spacial score (nSPS) is 8.24. The number of hydrogen-bond acceptors (Lipinski definition) is 2. The van der Waals surface area contributed by atoms with Crippen molar-refractivity contribution >= 4 is 21.8 Å². The Bertz CT molecular complexity index is 1540. The summed E-state index contributed by atoms with van der Waals surface area (Å²) in [5.74, 6) is 0. The van der Waals surface area contributed by atoms with Gasteiger partial charge in [-0.1, -0.05) is 72.8 Å². The second-order valence-electron chi connectivity index (χ2n) is 8.46. The summed E-state index contributed by atoms with van der Waals surface area (Å²) in [6, 6.07) is 54.3. The zero-order valence-corrected chi connectivity index (χ0v) is 29.3. The molecule has 0 atom stereocenters. The molecular formula is C38H32F10N2Pt. The van der Waals surface area contributed by atoms with E-state index in [-0.39, 0.29) is 21.1 Å². The van der Waals surface area contributed by atoms with Gasteiger partial charge in [0.2, 0.25) is 0 Å². The van der Waals surface area contributed by atoms with Crippen molar-refractivity contribution in [2.24, 2.45) is 0 Å². The molecule has 0 aliphatic heterocycles. The zero-order chi connectivity index (χ0) is 37.8. The summed E-state index contributed by atoms with van der Waals surface area (Å²) in [5.41, 5.74) is 6.65. The molecule has 0 radical (unpaired) electrons. The van der Waals surface area contributed by atoms with Crippen LogP contribution in [0.3, 0.4) is 0 Å². The molecule has 0 aliphatic carbocycles. The SMILES string of the molecule is CF.CF.FF.FF.FF.FF.[Pt+2].[c-]1ccccc1.[c-]1ccccc1.c1ccc(-c2ccnc3c2ccc2c(-c4ccccc4)ccnc23)cc1. The Labute approximate surface area is 304 Å². The van der Waals surface area contributed by atoms with Crippen LogP contribution in [0.5, 0.6) is 0 Å². The van der Waals surface area contributed by atoms with Crippen molar-refractivity contribution in [1.29, 1.82) is 0 Å². The molecule has 13 heteroatoms. The summed E-state index contributed by atoms with van der Waals surface area (Å²) in [6.45, 7) is 0. The van der Waals surface area contributed by atoms with Crippen LogP contribution in [0, 0.1) is 12.1 Å². The fourth-order valence-corrected chi connectivity index (χ4v) is 4.25. The quantitative estimate of drug-likeness (QED) is 0.0981. The first kappa shape index (κ1) is 50.3. The Kier molecular flexibility index (Phi) is 35.7. The van der Waals surface area contributed by atoms with E-state index in [0.717, 1.165) is 21.8 Å². The van der Waals surface area contributed by atoms with Crippen LogP contribution in [0.15, 0.2) is 158 Å². The summed E-state index contributed by atoms with van der Waals surface area (Å²) < 4.78 is 83.0. The van der Waals surface area contributed by atoms with E-state index in [1.165, 1.54) is 22.3 Å². The van der Waals surface area contributed by atoms with Gasteiger partial charge in [-0.2, -0.15) is 72.8 Å². The van der Waals surface area contributed by atoms with Crippen molar-refractivity contribution < 1.29 is 66.4 Å². The monoisotopic (exact) mass is 901 g/mol. The minimum Gasteiger partial charge on any atom is -0.255 e. The number of pyridine rings is 2. The van der Waals surface area contributed by atoms with E-state index in [0.29, 0.717) is 14.4 Å². The molecule has 5 aromatic carbocycles. The van der Waals surface area contributed by atoms with Gasteiger partial charge in [0.05, 0.1) is 25.4 Å². The molecule has 2 aromatic heterocycles. The second kappa shape index (κ2) is 36.2. The standard InChI is InChI=1S/C24H16N2.2C6H5.2CH3F.4F2.Pt/c1-3-7-17(8-4-1)19-13-15-25-23-21(19)11-12-22-20(14-16-26-24(22)23)18-9-5-2-6-10-18;2*1-2-4-6-5-3-1;6*1-2;/h1-16H;2*1-5H;2*1H3;;;;;/q;2*-1;;;;;;;+2. The van der Waals surface area contributed by atoms with Crippen LogP contribution in [0.4, 0.5) is 45.4 Å². The van der Waals surface area contributed by atoms with E-state index >= 15 is 0 Å². The molecule has 0 bridgehead atoms. The second-order valence-corrected chi connectivity index (χ2v) is 8.46. The predicted molar refractivity (Wildman–Crippen MR) is 181 cm³/mol. The first-order valence-electron chi connectivity index (χ1n) is 13.8. The molecule has 2 nitrogen and oxygen atoms in total. The van der Waals surface area contributed by atoms with Crippen LogP contribution >= 0.6 is 0 Å². The Hall–Kier alpha value is -5.09. The minimum absolute atomic E-state index is 0. The van der Waals surface area contributed by atoms with Gasteiger partial charge in [-0.05, 0) is 34.4 Å². The van der Waals surface area contributed by atoms with Gasteiger partial charge in [-0.25, -0.2) is 0 Å². The Morgan fingerprint density at radius 1 is 0.373 bits per heavy atom. The first-order valence-corrected chi connectivity index (χ1v) is 13.8.